The van der Waals surface area contributed by atoms with Gasteiger partial charge in [-0.3, -0.25) is 14.8 Å². The van der Waals surface area contributed by atoms with E-state index in [-0.39, 0.29) is 18.7 Å². The fraction of sp³-hybridized carbons (Fsp3) is 0.107. The molecule has 1 atom stereocenters. The summed E-state index contributed by atoms with van der Waals surface area (Å²) in [4.78, 5) is 36.0. The van der Waals surface area contributed by atoms with E-state index in [4.69, 9.17) is 5.10 Å². The standard InChI is InChI=1S/C28H21N5O3/c34-27(32-17-21-6-2-1-5-20(21)15-25(32)28(35)36)22-16-24(18-10-13-29-14-11-18)33(31-22)23-9-3-7-19-8-4-12-30-26(19)23/h1-14,16,25H,15,17H2,(H,35,36)/t25-/m0/s1. The smallest absolute Gasteiger partial charge is 0.326 e. The van der Waals surface area contributed by atoms with Crippen LogP contribution in [-0.4, -0.2) is 47.7 Å². The van der Waals surface area contributed by atoms with Gasteiger partial charge >= 0.3 is 5.97 Å². The molecule has 36 heavy (non-hydrogen) atoms. The number of amides is 1. The first-order chi connectivity index (χ1) is 17.6. The maximum atomic E-state index is 13.8. The Labute approximate surface area is 206 Å². The third-order valence-electron chi connectivity index (χ3n) is 6.54. The summed E-state index contributed by atoms with van der Waals surface area (Å²) in [5.41, 5.74) is 5.02. The van der Waals surface area contributed by atoms with Gasteiger partial charge in [0.15, 0.2) is 5.69 Å². The number of hydrogen-bond donors (Lipinski definition) is 1. The van der Waals surface area contributed by atoms with Crippen molar-refractivity contribution in [3.63, 3.8) is 0 Å². The van der Waals surface area contributed by atoms with Crippen LogP contribution in [0.5, 0.6) is 0 Å². The Balaban J connectivity index is 1.49. The van der Waals surface area contributed by atoms with E-state index >= 15 is 0 Å². The molecule has 8 heteroatoms. The van der Waals surface area contributed by atoms with Crippen molar-refractivity contribution in [3.05, 3.63) is 108 Å². The SMILES string of the molecule is O=C(O)[C@@H]1Cc2ccccc2CN1C(=O)c1cc(-c2ccncc2)n(-c2cccc3cccnc23)n1. The Hall–Kier alpha value is -4.85. The minimum absolute atomic E-state index is 0.167. The summed E-state index contributed by atoms with van der Waals surface area (Å²) in [5, 5.41) is 15.6. The summed E-state index contributed by atoms with van der Waals surface area (Å²) in [7, 11) is 0. The second-order valence-electron chi connectivity index (χ2n) is 8.67. The van der Waals surface area contributed by atoms with Crippen LogP contribution in [0.4, 0.5) is 0 Å². The maximum absolute atomic E-state index is 13.8. The summed E-state index contributed by atoms with van der Waals surface area (Å²) < 4.78 is 1.70. The first-order valence-corrected chi connectivity index (χ1v) is 11.6. The van der Waals surface area contributed by atoms with Gasteiger partial charge in [-0.15, -0.1) is 0 Å². The minimum atomic E-state index is -1.04. The molecule has 1 aliphatic rings. The zero-order chi connectivity index (χ0) is 24.6. The molecule has 0 spiro atoms. The zero-order valence-corrected chi connectivity index (χ0v) is 19.2. The monoisotopic (exact) mass is 475 g/mol. The number of carbonyl (C=O) groups excluding carboxylic acids is 1. The highest BCUT2D eigenvalue weighted by Crippen LogP contribution is 2.30. The molecular weight excluding hydrogens is 454 g/mol. The van der Waals surface area contributed by atoms with Crippen LogP contribution in [0.1, 0.15) is 21.6 Å². The van der Waals surface area contributed by atoms with Gasteiger partial charge < -0.3 is 10.0 Å². The van der Waals surface area contributed by atoms with E-state index in [1.54, 1.807) is 29.3 Å². The molecule has 8 nitrogen and oxygen atoms in total. The van der Waals surface area contributed by atoms with Gasteiger partial charge in [-0.05, 0) is 41.5 Å². The molecule has 0 fully saturated rings. The Kier molecular flexibility index (Phi) is 5.26. The van der Waals surface area contributed by atoms with Crippen molar-refractivity contribution in [2.45, 2.75) is 19.0 Å². The summed E-state index contributed by atoms with van der Waals surface area (Å²) in [5.74, 6) is -1.47. The number of hydrogen-bond acceptors (Lipinski definition) is 5. The van der Waals surface area contributed by atoms with Crippen molar-refractivity contribution in [3.8, 4) is 16.9 Å². The predicted octanol–water partition coefficient (Wildman–Crippen LogP) is 4.13. The fourth-order valence-electron chi connectivity index (χ4n) is 4.76. The first kappa shape index (κ1) is 21.7. The maximum Gasteiger partial charge on any atom is 0.326 e. The molecule has 176 valence electrons. The van der Waals surface area contributed by atoms with Crippen LogP contribution >= 0.6 is 0 Å². The highest BCUT2D eigenvalue weighted by atomic mass is 16.4. The molecule has 2 aromatic carbocycles. The predicted molar refractivity (Wildman–Crippen MR) is 134 cm³/mol. The van der Waals surface area contributed by atoms with Crippen molar-refractivity contribution in [1.82, 2.24) is 24.6 Å². The number of pyridine rings is 2. The topological polar surface area (TPSA) is 101 Å². The average Bonchev–Trinajstić information content (AvgIpc) is 3.37. The van der Waals surface area contributed by atoms with Gasteiger partial charge in [0.25, 0.3) is 5.91 Å². The van der Waals surface area contributed by atoms with Gasteiger partial charge in [0.1, 0.15) is 6.04 Å². The number of benzene rings is 2. The third kappa shape index (κ3) is 3.69. The molecule has 1 N–H and O–H groups in total. The third-order valence-corrected chi connectivity index (χ3v) is 6.54. The number of carboxylic acids is 1. The molecule has 6 rings (SSSR count). The zero-order valence-electron chi connectivity index (χ0n) is 19.2. The van der Waals surface area contributed by atoms with E-state index in [1.807, 2.05) is 66.7 Å². The van der Waals surface area contributed by atoms with Crippen LogP contribution in [0.15, 0.2) is 91.4 Å². The van der Waals surface area contributed by atoms with Gasteiger partial charge in [0, 0.05) is 42.5 Å². The van der Waals surface area contributed by atoms with Crippen LogP contribution in [0, 0.1) is 0 Å². The van der Waals surface area contributed by atoms with Crippen LogP contribution < -0.4 is 0 Å². The van der Waals surface area contributed by atoms with Crippen molar-refractivity contribution >= 4 is 22.8 Å². The second kappa shape index (κ2) is 8.74. The van der Waals surface area contributed by atoms with Crippen molar-refractivity contribution in [2.75, 3.05) is 0 Å². The number of carbonyl (C=O) groups is 2. The van der Waals surface area contributed by atoms with Crippen LogP contribution in [0.3, 0.4) is 0 Å². The average molecular weight is 476 g/mol. The highest BCUT2D eigenvalue weighted by molar-refractivity contribution is 5.97. The molecule has 0 unspecified atom stereocenters. The van der Waals surface area contributed by atoms with E-state index in [0.29, 0.717) is 5.69 Å². The summed E-state index contributed by atoms with van der Waals surface area (Å²) in [6.45, 7) is 0.208. The number of fused-ring (bicyclic) bond motifs is 2. The number of aliphatic carboxylic acids is 1. The lowest BCUT2D eigenvalue weighted by atomic mass is 9.93. The number of rotatable bonds is 4. The largest absolute Gasteiger partial charge is 0.480 e. The van der Waals surface area contributed by atoms with Gasteiger partial charge in [0.05, 0.1) is 16.9 Å². The van der Waals surface area contributed by atoms with Crippen molar-refractivity contribution < 1.29 is 14.7 Å². The van der Waals surface area contributed by atoms with Gasteiger partial charge in [-0.2, -0.15) is 5.10 Å². The number of nitrogens with zero attached hydrogens (tertiary/aromatic N) is 5. The van der Waals surface area contributed by atoms with E-state index in [9.17, 15) is 14.7 Å². The van der Waals surface area contributed by atoms with Crippen molar-refractivity contribution in [1.29, 1.82) is 0 Å². The number of carboxylic acid groups (broad SMARTS) is 1. The Morgan fingerprint density at radius 2 is 1.67 bits per heavy atom. The van der Waals surface area contributed by atoms with Gasteiger partial charge in [-0.1, -0.05) is 42.5 Å². The van der Waals surface area contributed by atoms with Gasteiger partial charge in [-0.25, -0.2) is 9.48 Å². The summed E-state index contributed by atoms with van der Waals surface area (Å²) >= 11 is 0. The van der Waals surface area contributed by atoms with E-state index in [0.717, 1.165) is 33.3 Å². The number of para-hydroxylation sites is 1. The summed E-state index contributed by atoms with van der Waals surface area (Å²) in [6.07, 6.45) is 5.33. The van der Waals surface area contributed by atoms with Crippen molar-refractivity contribution in [2.24, 2.45) is 0 Å². The number of aromatic nitrogens is 4. The fourth-order valence-corrected chi connectivity index (χ4v) is 4.76. The van der Waals surface area contributed by atoms with E-state index in [2.05, 4.69) is 9.97 Å². The molecule has 0 saturated carbocycles. The Bertz CT molecular complexity index is 1610. The van der Waals surface area contributed by atoms with Crippen LogP contribution in [0.25, 0.3) is 27.8 Å². The molecular formula is C28H21N5O3. The summed E-state index contributed by atoms with van der Waals surface area (Å²) in [6, 6.07) is 21.7. The molecule has 3 aromatic heterocycles. The molecule has 0 radical (unpaired) electrons. The molecule has 0 saturated heterocycles. The molecule has 1 aliphatic heterocycles. The van der Waals surface area contributed by atoms with Crippen LogP contribution in [-0.2, 0) is 17.8 Å². The molecule has 5 aromatic rings. The minimum Gasteiger partial charge on any atom is -0.480 e. The normalized spacial score (nSPS) is 15.0. The Morgan fingerprint density at radius 1 is 0.889 bits per heavy atom. The van der Waals surface area contributed by atoms with E-state index in [1.165, 1.54) is 4.90 Å². The molecule has 4 heterocycles. The lowest BCUT2D eigenvalue weighted by molar-refractivity contribution is -0.142. The molecule has 0 bridgehead atoms. The molecule has 1 amide bonds. The van der Waals surface area contributed by atoms with Gasteiger partial charge in [0.2, 0.25) is 0 Å². The quantitative estimate of drug-likeness (QED) is 0.419. The highest BCUT2D eigenvalue weighted by Gasteiger charge is 2.36. The lowest BCUT2D eigenvalue weighted by Crippen LogP contribution is -2.48. The second-order valence-corrected chi connectivity index (χ2v) is 8.67. The Morgan fingerprint density at radius 3 is 2.47 bits per heavy atom. The van der Waals surface area contributed by atoms with Crippen LogP contribution in [0.2, 0.25) is 0 Å². The van der Waals surface area contributed by atoms with E-state index < -0.39 is 17.9 Å². The lowest BCUT2D eigenvalue weighted by Gasteiger charge is -2.34. The molecule has 0 aliphatic carbocycles. The first-order valence-electron chi connectivity index (χ1n) is 11.6.